The number of carbonyl (C=O) groups excluding carboxylic acids is 3. The summed E-state index contributed by atoms with van der Waals surface area (Å²) in [5.41, 5.74) is 1.43. The zero-order valence-electron chi connectivity index (χ0n) is 19.6. The van der Waals surface area contributed by atoms with Crippen LogP contribution in [0, 0.1) is 0 Å². The van der Waals surface area contributed by atoms with E-state index in [9.17, 15) is 14.4 Å². The second-order valence-electron chi connectivity index (χ2n) is 8.58. The molecule has 0 atom stereocenters. The summed E-state index contributed by atoms with van der Waals surface area (Å²) in [6, 6.07) is 14.3. The number of hydrogen-bond acceptors (Lipinski definition) is 7. The van der Waals surface area contributed by atoms with E-state index in [1.165, 1.54) is 4.90 Å². The fourth-order valence-electron chi connectivity index (χ4n) is 3.87. The minimum atomic E-state index is -0.450. The van der Waals surface area contributed by atoms with Gasteiger partial charge in [-0.15, -0.1) is 0 Å². The van der Waals surface area contributed by atoms with Crippen LogP contribution in [0.25, 0.3) is 10.9 Å². The van der Waals surface area contributed by atoms with Gasteiger partial charge in [0.25, 0.3) is 11.8 Å². The second-order valence-corrected chi connectivity index (χ2v) is 8.58. The molecule has 1 N–H and O–H groups in total. The van der Waals surface area contributed by atoms with Crippen molar-refractivity contribution in [2.45, 2.75) is 13.0 Å². The first-order valence-electron chi connectivity index (χ1n) is 11.2. The Morgan fingerprint density at radius 2 is 1.59 bits per heavy atom. The lowest BCUT2D eigenvalue weighted by Crippen LogP contribution is -2.41. The minimum Gasteiger partial charge on any atom is -0.369 e. The van der Waals surface area contributed by atoms with Crippen molar-refractivity contribution in [2.24, 2.45) is 0 Å². The molecule has 1 aromatic heterocycles. The fraction of sp³-hybridized carbons (Fsp3) is 0.320. The maximum absolute atomic E-state index is 12.9. The van der Waals surface area contributed by atoms with E-state index in [1.807, 2.05) is 38.4 Å². The number of rotatable bonds is 9. The SMILES string of the molecule is CN(C)CCCNc1nc(CN(C)C(=O)CN2C(=O)c3ccccc3C2=O)nc2ccccc12. The first-order valence-corrected chi connectivity index (χ1v) is 11.2. The third-order valence-electron chi connectivity index (χ3n) is 5.70. The summed E-state index contributed by atoms with van der Waals surface area (Å²) in [7, 11) is 5.68. The molecule has 0 spiro atoms. The number of aromatic nitrogens is 2. The highest BCUT2D eigenvalue weighted by Gasteiger charge is 2.36. The standard InChI is InChI=1S/C25H28N6O3/c1-29(2)14-8-13-26-23-19-11-6-7-12-20(19)27-21(28-23)15-30(3)22(32)16-31-24(33)17-9-4-5-10-18(17)25(31)34/h4-7,9-12H,8,13-16H2,1-3H3,(H,26,27,28). The Morgan fingerprint density at radius 3 is 2.26 bits per heavy atom. The van der Waals surface area contributed by atoms with Gasteiger partial charge in [-0.3, -0.25) is 19.3 Å². The molecule has 1 aliphatic rings. The molecule has 0 unspecified atom stereocenters. The van der Waals surface area contributed by atoms with Gasteiger partial charge in [-0.2, -0.15) is 0 Å². The lowest BCUT2D eigenvalue weighted by Gasteiger charge is -2.20. The van der Waals surface area contributed by atoms with Crippen LogP contribution in [-0.2, 0) is 11.3 Å². The van der Waals surface area contributed by atoms with Gasteiger partial charge in [0.1, 0.15) is 12.4 Å². The molecule has 2 heterocycles. The van der Waals surface area contributed by atoms with Crippen LogP contribution in [0.15, 0.2) is 48.5 Å². The third-order valence-corrected chi connectivity index (χ3v) is 5.70. The zero-order chi connectivity index (χ0) is 24.2. The predicted octanol–water partition coefficient (Wildman–Crippen LogP) is 2.25. The van der Waals surface area contributed by atoms with E-state index in [-0.39, 0.29) is 19.0 Å². The number of likely N-dealkylation sites (N-methyl/N-ethyl adjacent to an activating group) is 1. The van der Waals surface area contributed by atoms with Gasteiger partial charge < -0.3 is 15.1 Å². The molecule has 0 aliphatic carbocycles. The van der Waals surface area contributed by atoms with Crippen molar-refractivity contribution in [1.82, 2.24) is 24.7 Å². The monoisotopic (exact) mass is 460 g/mol. The summed E-state index contributed by atoms with van der Waals surface area (Å²) in [6.45, 7) is 1.54. The molecule has 0 saturated heterocycles. The number of imide groups is 1. The van der Waals surface area contributed by atoms with Crippen LogP contribution in [0.3, 0.4) is 0 Å². The average Bonchev–Trinajstić information content (AvgIpc) is 3.06. The zero-order valence-corrected chi connectivity index (χ0v) is 19.6. The molecule has 0 radical (unpaired) electrons. The van der Waals surface area contributed by atoms with Gasteiger partial charge >= 0.3 is 0 Å². The summed E-state index contributed by atoms with van der Waals surface area (Å²) in [4.78, 5) is 51.8. The number of nitrogens with zero attached hydrogens (tertiary/aromatic N) is 5. The maximum atomic E-state index is 12.9. The van der Waals surface area contributed by atoms with Crippen molar-refractivity contribution >= 4 is 34.4 Å². The van der Waals surface area contributed by atoms with Gasteiger partial charge in [0.15, 0.2) is 5.82 Å². The van der Waals surface area contributed by atoms with Crippen LogP contribution >= 0.6 is 0 Å². The molecule has 1 aliphatic heterocycles. The molecule has 0 fully saturated rings. The van der Waals surface area contributed by atoms with Crippen LogP contribution in [0.1, 0.15) is 33.0 Å². The number of benzene rings is 2. The predicted molar refractivity (Wildman–Crippen MR) is 129 cm³/mol. The Kier molecular flexibility index (Phi) is 6.83. The first-order chi connectivity index (χ1) is 16.3. The summed E-state index contributed by atoms with van der Waals surface area (Å²) in [5.74, 6) is -0.0682. The normalized spacial score (nSPS) is 13.0. The van der Waals surface area contributed by atoms with Crippen LogP contribution in [0.5, 0.6) is 0 Å². The van der Waals surface area contributed by atoms with Gasteiger partial charge in [0, 0.05) is 19.0 Å². The van der Waals surface area contributed by atoms with Crippen LogP contribution < -0.4 is 5.32 Å². The van der Waals surface area contributed by atoms with Crippen molar-refractivity contribution in [3.8, 4) is 0 Å². The molecule has 0 bridgehead atoms. The molecule has 9 heteroatoms. The quantitative estimate of drug-likeness (QED) is 0.386. The summed E-state index contributed by atoms with van der Waals surface area (Å²) >= 11 is 0. The summed E-state index contributed by atoms with van der Waals surface area (Å²) in [6.07, 6.45) is 0.958. The maximum Gasteiger partial charge on any atom is 0.262 e. The number of para-hydroxylation sites is 1. The number of amides is 3. The Hall–Kier alpha value is -3.85. The summed E-state index contributed by atoms with van der Waals surface area (Å²) in [5, 5.41) is 4.30. The molecular formula is C25H28N6O3. The number of anilines is 1. The van der Waals surface area contributed by atoms with Gasteiger partial charge in [0.05, 0.1) is 23.2 Å². The molecule has 9 nitrogen and oxygen atoms in total. The molecule has 4 rings (SSSR count). The molecule has 2 aromatic carbocycles. The lowest BCUT2D eigenvalue weighted by molar-refractivity contribution is -0.130. The highest BCUT2D eigenvalue weighted by Crippen LogP contribution is 2.23. The van der Waals surface area contributed by atoms with Crippen molar-refractivity contribution in [3.05, 3.63) is 65.5 Å². The number of carbonyl (C=O) groups is 3. The van der Waals surface area contributed by atoms with Gasteiger partial charge in [-0.25, -0.2) is 9.97 Å². The molecular weight excluding hydrogens is 432 g/mol. The fourth-order valence-corrected chi connectivity index (χ4v) is 3.87. The average molecular weight is 461 g/mol. The summed E-state index contributed by atoms with van der Waals surface area (Å²) < 4.78 is 0. The molecule has 176 valence electrons. The van der Waals surface area contributed by atoms with E-state index in [1.54, 1.807) is 31.3 Å². The third kappa shape index (κ3) is 4.89. The Balaban J connectivity index is 1.46. The largest absolute Gasteiger partial charge is 0.369 e. The second kappa shape index (κ2) is 9.96. The van der Waals surface area contributed by atoms with E-state index >= 15 is 0 Å². The lowest BCUT2D eigenvalue weighted by atomic mass is 10.1. The highest BCUT2D eigenvalue weighted by molar-refractivity contribution is 6.22. The van der Waals surface area contributed by atoms with E-state index in [2.05, 4.69) is 20.2 Å². The van der Waals surface area contributed by atoms with Crippen LogP contribution in [-0.4, -0.2) is 83.2 Å². The number of nitrogens with one attached hydrogen (secondary N) is 1. The van der Waals surface area contributed by atoms with E-state index in [0.717, 1.165) is 41.1 Å². The van der Waals surface area contributed by atoms with Crippen LogP contribution in [0.4, 0.5) is 5.82 Å². The topological polar surface area (TPSA) is 98.7 Å². The molecule has 3 amide bonds. The smallest absolute Gasteiger partial charge is 0.262 e. The van der Waals surface area contributed by atoms with Gasteiger partial charge in [-0.05, 0) is 51.3 Å². The van der Waals surface area contributed by atoms with Crippen molar-refractivity contribution < 1.29 is 14.4 Å². The van der Waals surface area contributed by atoms with Crippen molar-refractivity contribution in [1.29, 1.82) is 0 Å². The Bertz CT molecular complexity index is 1210. The minimum absolute atomic E-state index is 0.152. The Morgan fingerprint density at radius 1 is 0.941 bits per heavy atom. The number of hydrogen-bond donors (Lipinski definition) is 1. The van der Waals surface area contributed by atoms with E-state index in [0.29, 0.717) is 17.0 Å². The molecule has 0 saturated carbocycles. The molecule has 3 aromatic rings. The van der Waals surface area contributed by atoms with Gasteiger partial charge in [0.2, 0.25) is 5.91 Å². The van der Waals surface area contributed by atoms with Crippen molar-refractivity contribution in [3.63, 3.8) is 0 Å². The van der Waals surface area contributed by atoms with Crippen LogP contribution in [0.2, 0.25) is 0 Å². The first kappa shape index (κ1) is 23.3. The van der Waals surface area contributed by atoms with E-state index in [4.69, 9.17) is 0 Å². The number of fused-ring (bicyclic) bond motifs is 2. The highest BCUT2D eigenvalue weighted by atomic mass is 16.2. The van der Waals surface area contributed by atoms with Crippen molar-refractivity contribution in [2.75, 3.05) is 46.1 Å². The van der Waals surface area contributed by atoms with E-state index < -0.39 is 11.8 Å². The Labute approximate surface area is 198 Å². The van der Waals surface area contributed by atoms with Gasteiger partial charge in [-0.1, -0.05) is 24.3 Å². The molecule has 34 heavy (non-hydrogen) atoms.